The third-order valence-corrected chi connectivity index (χ3v) is 9.19. The van der Waals surface area contributed by atoms with E-state index in [1.54, 1.807) is 24.5 Å². The number of carboxylic acids is 1. The van der Waals surface area contributed by atoms with Gasteiger partial charge in [0, 0.05) is 42.0 Å². The molecule has 1 aliphatic heterocycles. The number of ether oxygens (including phenoxy) is 1. The molecule has 3 aromatic carbocycles. The van der Waals surface area contributed by atoms with E-state index in [0.29, 0.717) is 30.8 Å². The zero-order valence-electron chi connectivity index (χ0n) is 29.1. The zero-order valence-corrected chi connectivity index (χ0v) is 29.1. The molecule has 1 fully saturated rings. The van der Waals surface area contributed by atoms with E-state index in [9.17, 15) is 19.5 Å². The van der Waals surface area contributed by atoms with Crippen molar-refractivity contribution in [2.24, 2.45) is 0 Å². The van der Waals surface area contributed by atoms with Gasteiger partial charge in [0.1, 0.15) is 17.8 Å². The number of hydrogen-bond donors (Lipinski definition) is 2. The molecule has 262 valence electrons. The lowest BCUT2D eigenvalue weighted by Crippen LogP contribution is -2.52. The minimum Gasteiger partial charge on any atom is -0.494 e. The number of carbonyl (C=O) groups excluding carboxylic acids is 2. The van der Waals surface area contributed by atoms with Crippen molar-refractivity contribution in [1.29, 1.82) is 0 Å². The number of nitrogens with one attached hydrogen (secondary N) is 1. The second kappa shape index (κ2) is 18.1. The highest BCUT2D eigenvalue weighted by atomic mass is 16.5. The Kier molecular flexibility index (Phi) is 13.1. The quantitative estimate of drug-likeness (QED) is 0.111. The van der Waals surface area contributed by atoms with E-state index < -0.39 is 24.0 Å². The first-order valence-corrected chi connectivity index (χ1v) is 17.9. The monoisotopic (exact) mass is 676 g/mol. The van der Waals surface area contributed by atoms with E-state index in [1.165, 1.54) is 30.6 Å². The van der Waals surface area contributed by atoms with Crippen LogP contribution in [-0.4, -0.2) is 63.0 Å². The molecule has 5 rings (SSSR count). The van der Waals surface area contributed by atoms with Gasteiger partial charge in [0.05, 0.1) is 6.61 Å². The highest BCUT2D eigenvalue weighted by molar-refractivity contribution is 5.98. The average molecular weight is 677 g/mol. The normalized spacial score (nSPS) is 14.7. The number of amides is 2. The van der Waals surface area contributed by atoms with Gasteiger partial charge in [-0.15, -0.1) is 0 Å². The summed E-state index contributed by atoms with van der Waals surface area (Å²) in [5.41, 5.74) is 5.12. The molecule has 0 bridgehead atoms. The maximum atomic E-state index is 13.7. The van der Waals surface area contributed by atoms with Crippen molar-refractivity contribution >= 4 is 17.8 Å². The van der Waals surface area contributed by atoms with E-state index >= 15 is 0 Å². The Bertz CT molecular complexity index is 1690. The lowest BCUT2D eigenvalue weighted by molar-refractivity contribution is -0.148. The Hall–Kier alpha value is -5.05. The van der Waals surface area contributed by atoms with Gasteiger partial charge in [-0.3, -0.25) is 9.59 Å². The number of hydrogen-bond acceptors (Lipinski definition) is 6. The summed E-state index contributed by atoms with van der Waals surface area (Å²) in [5, 5.41) is 12.6. The average Bonchev–Trinajstić information content (AvgIpc) is 3.64. The first kappa shape index (κ1) is 36.2. The molecular formula is C41H48N4O5. The van der Waals surface area contributed by atoms with E-state index in [0.717, 1.165) is 59.4 Å². The molecule has 2 N–H and O–H groups in total. The highest BCUT2D eigenvalue weighted by Crippen LogP contribution is 2.25. The van der Waals surface area contributed by atoms with Crippen LogP contribution in [-0.2, 0) is 22.4 Å². The van der Waals surface area contributed by atoms with E-state index in [2.05, 4.69) is 29.1 Å². The van der Waals surface area contributed by atoms with Crippen LogP contribution in [0.3, 0.4) is 0 Å². The van der Waals surface area contributed by atoms with Crippen molar-refractivity contribution in [2.45, 2.75) is 90.1 Å². The fraction of sp³-hybridized carbons (Fsp3) is 0.390. The molecule has 4 aromatic rings. The topological polar surface area (TPSA) is 122 Å². The Balaban J connectivity index is 1.24. The van der Waals surface area contributed by atoms with Gasteiger partial charge in [-0.1, -0.05) is 94.5 Å². The fourth-order valence-electron chi connectivity index (χ4n) is 6.33. The van der Waals surface area contributed by atoms with Gasteiger partial charge in [-0.2, -0.15) is 0 Å². The standard InChI is InChI=1S/C41H48N4O5/c1-3-5-6-7-8-25-50-35-22-20-31(21-23-35)34-27-42-38(43-28-34)32-16-14-30(15-17-32)26-36(40(47)45-24-9-11-37(45)41(48)49)44-39(46)33-18-12-29(10-4-2)13-19-33/h12-23,27-28,36-37H,3-11,24-26H2,1-2H3,(H,44,46)(H,48,49)/t36-,37-/m0/s1. The highest BCUT2D eigenvalue weighted by Gasteiger charge is 2.37. The van der Waals surface area contributed by atoms with Crippen LogP contribution in [0, 0.1) is 0 Å². The molecule has 2 atom stereocenters. The van der Waals surface area contributed by atoms with Crippen LogP contribution < -0.4 is 10.1 Å². The largest absolute Gasteiger partial charge is 0.494 e. The smallest absolute Gasteiger partial charge is 0.326 e. The number of nitrogens with zero attached hydrogens (tertiary/aromatic N) is 3. The number of carboxylic acid groups (broad SMARTS) is 1. The zero-order chi connectivity index (χ0) is 35.3. The van der Waals surface area contributed by atoms with Crippen LogP contribution >= 0.6 is 0 Å². The number of likely N-dealkylation sites (tertiary alicyclic amines) is 1. The number of aliphatic carboxylic acids is 1. The first-order chi connectivity index (χ1) is 24.4. The van der Waals surface area contributed by atoms with Gasteiger partial charge in [-0.25, -0.2) is 14.8 Å². The van der Waals surface area contributed by atoms with Crippen LogP contribution in [0.4, 0.5) is 0 Å². The molecule has 1 aromatic heterocycles. The summed E-state index contributed by atoms with van der Waals surface area (Å²) in [5.74, 6) is -0.374. The van der Waals surface area contributed by atoms with E-state index in [1.807, 2.05) is 60.7 Å². The van der Waals surface area contributed by atoms with Crippen LogP contribution in [0.15, 0.2) is 85.2 Å². The second-order valence-corrected chi connectivity index (χ2v) is 13.0. The van der Waals surface area contributed by atoms with Gasteiger partial charge >= 0.3 is 5.97 Å². The SMILES string of the molecule is CCCCCCCOc1ccc(-c2cnc(-c3ccc(C[C@H](NC(=O)c4ccc(CCC)cc4)C(=O)N4CCC[C@H]4C(=O)O)cc3)nc2)cc1. The van der Waals surface area contributed by atoms with Crippen molar-refractivity contribution in [3.8, 4) is 28.3 Å². The van der Waals surface area contributed by atoms with Crippen LogP contribution in [0.1, 0.15) is 86.7 Å². The summed E-state index contributed by atoms with van der Waals surface area (Å²) in [6, 6.07) is 21.1. The predicted molar refractivity (Wildman–Crippen MR) is 195 cm³/mol. The molecule has 0 radical (unpaired) electrons. The number of aromatic nitrogens is 2. The number of aryl methyl sites for hydroxylation is 1. The third kappa shape index (κ3) is 9.77. The van der Waals surface area contributed by atoms with Crippen molar-refractivity contribution < 1.29 is 24.2 Å². The fourth-order valence-corrected chi connectivity index (χ4v) is 6.33. The molecule has 0 spiro atoms. The molecule has 9 nitrogen and oxygen atoms in total. The summed E-state index contributed by atoms with van der Waals surface area (Å²) >= 11 is 0. The minimum absolute atomic E-state index is 0.208. The Labute approximate surface area is 295 Å². The Morgan fingerprint density at radius 1 is 0.820 bits per heavy atom. The maximum absolute atomic E-state index is 13.7. The summed E-state index contributed by atoms with van der Waals surface area (Å²) in [6.07, 6.45) is 12.8. The number of unbranched alkanes of at least 4 members (excludes halogenated alkanes) is 4. The van der Waals surface area contributed by atoms with Crippen molar-refractivity contribution in [3.05, 3.63) is 102 Å². The van der Waals surface area contributed by atoms with Gasteiger partial charge in [0.15, 0.2) is 5.82 Å². The molecule has 2 heterocycles. The molecule has 0 unspecified atom stereocenters. The van der Waals surface area contributed by atoms with Crippen LogP contribution in [0.5, 0.6) is 5.75 Å². The van der Waals surface area contributed by atoms with Crippen LogP contribution in [0.2, 0.25) is 0 Å². The third-order valence-electron chi connectivity index (χ3n) is 9.19. The second-order valence-electron chi connectivity index (χ2n) is 13.0. The number of carbonyl (C=O) groups is 3. The lowest BCUT2D eigenvalue weighted by Gasteiger charge is -2.27. The number of benzene rings is 3. The molecule has 0 aliphatic carbocycles. The molecule has 2 amide bonds. The Morgan fingerprint density at radius 2 is 1.48 bits per heavy atom. The van der Waals surface area contributed by atoms with Gasteiger partial charge in [0.25, 0.3) is 5.91 Å². The van der Waals surface area contributed by atoms with E-state index in [4.69, 9.17) is 4.74 Å². The summed E-state index contributed by atoms with van der Waals surface area (Å²) in [6.45, 7) is 5.38. The van der Waals surface area contributed by atoms with Gasteiger partial charge in [0.2, 0.25) is 5.91 Å². The predicted octanol–water partition coefficient (Wildman–Crippen LogP) is 7.53. The molecule has 50 heavy (non-hydrogen) atoms. The molecule has 1 saturated heterocycles. The lowest BCUT2D eigenvalue weighted by atomic mass is 10.0. The maximum Gasteiger partial charge on any atom is 0.326 e. The van der Waals surface area contributed by atoms with Crippen molar-refractivity contribution in [2.75, 3.05) is 13.2 Å². The molecular weight excluding hydrogens is 628 g/mol. The van der Waals surface area contributed by atoms with Crippen molar-refractivity contribution in [1.82, 2.24) is 20.2 Å². The summed E-state index contributed by atoms with van der Waals surface area (Å²) < 4.78 is 5.89. The summed E-state index contributed by atoms with van der Waals surface area (Å²) in [7, 11) is 0. The van der Waals surface area contributed by atoms with E-state index in [-0.39, 0.29) is 12.3 Å². The van der Waals surface area contributed by atoms with Gasteiger partial charge in [-0.05, 0) is 66.6 Å². The Morgan fingerprint density at radius 3 is 2.14 bits per heavy atom. The summed E-state index contributed by atoms with van der Waals surface area (Å²) in [4.78, 5) is 49.5. The number of rotatable bonds is 17. The van der Waals surface area contributed by atoms with Gasteiger partial charge < -0.3 is 20.1 Å². The molecule has 1 aliphatic rings. The first-order valence-electron chi connectivity index (χ1n) is 17.9. The molecule has 9 heteroatoms. The molecule has 0 saturated carbocycles. The van der Waals surface area contributed by atoms with Crippen molar-refractivity contribution in [3.63, 3.8) is 0 Å². The minimum atomic E-state index is -1.03. The van der Waals surface area contributed by atoms with Crippen LogP contribution in [0.25, 0.3) is 22.5 Å².